The van der Waals surface area contributed by atoms with Gasteiger partial charge in [-0.3, -0.25) is 14.6 Å². The fourth-order valence-corrected chi connectivity index (χ4v) is 3.85. The van der Waals surface area contributed by atoms with Crippen LogP contribution < -0.4 is 10.3 Å². The number of amides is 1. The van der Waals surface area contributed by atoms with Crippen molar-refractivity contribution < 1.29 is 9.53 Å². The van der Waals surface area contributed by atoms with Crippen LogP contribution in [-0.2, 0) is 13.1 Å². The summed E-state index contributed by atoms with van der Waals surface area (Å²) in [6, 6.07) is 16.7. The summed E-state index contributed by atoms with van der Waals surface area (Å²) >= 11 is 0. The molecule has 4 aromatic rings. The lowest BCUT2D eigenvalue weighted by Crippen LogP contribution is -2.32. The molecule has 6 heteroatoms. The van der Waals surface area contributed by atoms with Gasteiger partial charge in [-0.05, 0) is 79.2 Å². The van der Waals surface area contributed by atoms with E-state index in [1.54, 1.807) is 41.6 Å². The van der Waals surface area contributed by atoms with Crippen LogP contribution in [0.5, 0.6) is 5.75 Å². The van der Waals surface area contributed by atoms with E-state index in [9.17, 15) is 9.59 Å². The SMILES string of the molecule is CCOc1ccc(C(=O)N(Cc2cccnc2)Cc2cc3ccc(C)c(C)c3[nH]c2=O)cc1. The zero-order valence-corrected chi connectivity index (χ0v) is 19.1. The lowest BCUT2D eigenvalue weighted by atomic mass is 10.0. The molecule has 0 radical (unpaired) electrons. The molecule has 4 rings (SSSR count). The summed E-state index contributed by atoms with van der Waals surface area (Å²) in [5.74, 6) is 0.547. The molecule has 33 heavy (non-hydrogen) atoms. The highest BCUT2D eigenvalue weighted by atomic mass is 16.5. The van der Waals surface area contributed by atoms with E-state index in [1.165, 1.54) is 0 Å². The maximum atomic E-state index is 13.4. The highest BCUT2D eigenvalue weighted by Gasteiger charge is 2.19. The normalized spacial score (nSPS) is 10.9. The first kappa shape index (κ1) is 22.3. The number of aryl methyl sites for hydroxylation is 2. The zero-order valence-electron chi connectivity index (χ0n) is 19.1. The molecule has 6 nitrogen and oxygen atoms in total. The number of carbonyl (C=O) groups is 1. The first-order valence-corrected chi connectivity index (χ1v) is 11.0. The molecule has 1 N–H and O–H groups in total. The molecule has 0 saturated heterocycles. The van der Waals surface area contributed by atoms with Crippen LogP contribution in [0, 0.1) is 13.8 Å². The van der Waals surface area contributed by atoms with Crippen LogP contribution in [0.3, 0.4) is 0 Å². The van der Waals surface area contributed by atoms with Crippen LogP contribution in [0.4, 0.5) is 0 Å². The van der Waals surface area contributed by atoms with Gasteiger partial charge in [0.25, 0.3) is 11.5 Å². The van der Waals surface area contributed by atoms with Gasteiger partial charge in [0.2, 0.25) is 0 Å². The van der Waals surface area contributed by atoms with Gasteiger partial charge in [0, 0.05) is 30.1 Å². The lowest BCUT2D eigenvalue weighted by Gasteiger charge is -2.23. The molecule has 0 fully saturated rings. The Bertz CT molecular complexity index is 1330. The lowest BCUT2D eigenvalue weighted by molar-refractivity contribution is 0.0729. The van der Waals surface area contributed by atoms with Crippen molar-refractivity contribution in [3.05, 3.63) is 105 Å². The Labute approximate surface area is 192 Å². The third-order valence-corrected chi connectivity index (χ3v) is 5.78. The van der Waals surface area contributed by atoms with Gasteiger partial charge in [-0.15, -0.1) is 0 Å². The van der Waals surface area contributed by atoms with E-state index >= 15 is 0 Å². The van der Waals surface area contributed by atoms with Crippen LogP contribution in [0.15, 0.2) is 71.8 Å². The topological polar surface area (TPSA) is 75.3 Å². The number of fused-ring (bicyclic) bond motifs is 1. The highest BCUT2D eigenvalue weighted by Crippen LogP contribution is 2.21. The van der Waals surface area contributed by atoms with Crippen molar-refractivity contribution in [3.63, 3.8) is 0 Å². The summed E-state index contributed by atoms with van der Waals surface area (Å²) in [6.07, 6.45) is 3.43. The first-order valence-electron chi connectivity index (χ1n) is 11.0. The van der Waals surface area contributed by atoms with Crippen molar-refractivity contribution in [1.29, 1.82) is 0 Å². The average molecular weight is 442 g/mol. The monoisotopic (exact) mass is 441 g/mol. The minimum absolute atomic E-state index is 0.165. The number of carbonyl (C=O) groups excluding carboxylic acids is 1. The Morgan fingerprint density at radius 1 is 1.06 bits per heavy atom. The number of nitrogens with zero attached hydrogens (tertiary/aromatic N) is 2. The first-order chi connectivity index (χ1) is 16.0. The summed E-state index contributed by atoms with van der Waals surface area (Å²) in [6.45, 7) is 7.01. The molecule has 0 unspecified atom stereocenters. The Morgan fingerprint density at radius 3 is 2.55 bits per heavy atom. The van der Waals surface area contributed by atoms with Crippen molar-refractivity contribution >= 4 is 16.8 Å². The molecule has 2 aromatic carbocycles. The molecule has 0 saturated carbocycles. The molecular formula is C27H27N3O3. The number of pyridine rings is 2. The van der Waals surface area contributed by atoms with Gasteiger partial charge in [-0.1, -0.05) is 18.2 Å². The number of H-pyrrole nitrogens is 1. The van der Waals surface area contributed by atoms with Gasteiger partial charge in [0.05, 0.1) is 18.7 Å². The van der Waals surface area contributed by atoms with Gasteiger partial charge >= 0.3 is 0 Å². The number of benzene rings is 2. The second-order valence-electron chi connectivity index (χ2n) is 8.08. The van der Waals surface area contributed by atoms with Crippen LogP contribution in [-0.4, -0.2) is 27.4 Å². The number of ether oxygens (including phenoxy) is 1. The Morgan fingerprint density at radius 2 is 1.85 bits per heavy atom. The molecule has 168 valence electrons. The maximum absolute atomic E-state index is 13.4. The largest absolute Gasteiger partial charge is 0.494 e. The molecule has 0 atom stereocenters. The van der Waals surface area contributed by atoms with Crippen molar-refractivity contribution in [2.24, 2.45) is 0 Å². The number of hydrogen-bond donors (Lipinski definition) is 1. The van der Waals surface area contributed by atoms with Crippen LogP contribution in [0.25, 0.3) is 10.9 Å². The molecule has 0 aliphatic heterocycles. The van der Waals surface area contributed by atoms with Crippen molar-refractivity contribution in [2.45, 2.75) is 33.9 Å². The number of aromatic amines is 1. The van der Waals surface area contributed by atoms with E-state index < -0.39 is 0 Å². The summed E-state index contributed by atoms with van der Waals surface area (Å²) in [5, 5.41) is 0.947. The fraction of sp³-hybridized carbons (Fsp3) is 0.222. The molecular weight excluding hydrogens is 414 g/mol. The molecule has 0 aliphatic rings. The van der Waals surface area contributed by atoms with Crippen LogP contribution >= 0.6 is 0 Å². The number of aromatic nitrogens is 2. The molecule has 0 bridgehead atoms. The summed E-state index contributed by atoms with van der Waals surface area (Å²) < 4.78 is 5.49. The zero-order chi connectivity index (χ0) is 23.4. The highest BCUT2D eigenvalue weighted by molar-refractivity contribution is 5.94. The van der Waals surface area contributed by atoms with E-state index in [-0.39, 0.29) is 18.0 Å². The predicted octanol–water partition coefficient (Wildman–Crippen LogP) is 4.78. The molecule has 1 amide bonds. The summed E-state index contributed by atoms with van der Waals surface area (Å²) in [4.78, 5) is 35.2. The van der Waals surface area contributed by atoms with Gasteiger partial charge in [-0.2, -0.15) is 0 Å². The van der Waals surface area contributed by atoms with Gasteiger partial charge in [0.1, 0.15) is 5.75 Å². The molecule has 2 heterocycles. The third-order valence-electron chi connectivity index (χ3n) is 5.78. The quantitative estimate of drug-likeness (QED) is 0.448. The molecule has 2 aromatic heterocycles. The fourth-order valence-electron chi connectivity index (χ4n) is 3.85. The summed E-state index contributed by atoms with van der Waals surface area (Å²) in [5.41, 5.74) is 4.77. The number of rotatable bonds is 7. The van der Waals surface area contributed by atoms with E-state index in [2.05, 4.69) is 9.97 Å². The summed E-state index contributed by atoms with van der Waals surface area (Å²) in [7, 11) is 0. The van der Waals surface area contributed by atoms with Gasteiger partial charge in [-0.25, -0.2) is 0 Å². The minimum atomic E-state index is -0.188. The average Bonchev–Trinajstić information content (AvgIpc) is 2.83. The standard InChI is InChI=1S/C27H27N3O3/c1-4-33-24-11-9-21(10-12-24)27(32)30(16-20-6-5-13-28-15-20)17-23-14-22-8-7-18(2)19(3)25(22)29-26(23)31/h5-15H,4,16-17H2,1-3H3,(H,29,31). The van der Waals surface area contributed by atoms with E-state index in [4.69, 9.17) is 4.74 Å². The minimum Gasteiger partial charge on any atom is -0.494 e. The van der Waals surface area contributed by atoms with E-state index in [1.807, 2.05) is 51.1 Å². The van der Waals surface area contributed by atoms with Crippen molar-refractivity contribution in [2.75, 3.05) is 6.61 Å². The Balaban J connectivity index is 1.69. The Kier molecular flexibility index (Phi) is 6.54. The third kappa shape index (κ3) is 4.95. The van der Waals surface area contributed by atoms with Gasteiger partial charge in [0.15, 0.2) is 0 Å². The Hall–Kier alpha value is -3.93. The number of hydrogen-bond acceptors (Lipinski definition) is 4. The maximum Gasteiger partial charge on any atom is 0.254 e. The second kappa shape index (κ2) is 9.69. The molecule has 0 aliphatic carbocycles. The number of nitrogens with one attached hydrogen (secondary N) is 1. The van der Waals surface area contributed by atoms with E-state index in [0.717, 1.165) is 27.6 Å². The van der Waals surface area contributed by atoms with Crippen LogP contribution in [0.2, 0.25) is 0 Å². The van der Waals surface area contributed by atoms with Crippen LogP contribution in [0.1, 0.15) is 39.5 Å². The second-order valence-corrected chi connectivity index (χ2v) is 8.08. The predicted molar refractivity (Wildman–Crippen MR) is 129 cm³/mol. The van der Waals surface area contributed by atoms with Gasteiger partial charge < -0.3 is 14.6 Å². The van der Waals surface area contributed by atoms with E-state index in [0.29, 0.717) is 30.0 Å². The smallest absolute Gasteiger partial charge is 0.254 e. The van der Waals surface area contributed by atoms with Crippen molar-refractivity contribution in [1.82, 2.24) is 14.9 Å². The molecule has 0 spiro atoms. The van der Waals surface area contributed by atoms with Crippen molar-refractivity contribution in [3.8, 4) is 5.75 Å².